The molecule has 1 amide bonds. The monoisotopic (exact) mass is 224 g/mol. The van der Waals surface area contributed by atoms with Crippen molar-refractivity contribution in [2.75, 3.05) is 13.6 Å². The van der Waals surface area contributed by atoms with Gasteiger partial charge in [0, 0.05) is 18.6 Å². The maximum Gasteiger partial charge on any atom is 0.227 e. The van der Waals surface area contributed by atoms with Crippen LogP contribution in [-0.2, 0) is 4.79 Å². The Hall–Kier alpha value is -0.570. The van der Waals surface area contributed by atoms with Crippen LogP contribution in [0.25, 0.3) is 0 Å². The van der Waals surface area contributed by atoms with Crippen molar-refractivity contribution in [3.05, 3.63) is 0 Å². The molecule has 0 aromatic rings. The van der Waals surface area contributed by atoms with Gasteiger partial charge in [-0.15, -0.1) is 0 Å². The summed E-state index contributed by atoms with van der Waals surface area (Å²) in [5, 5.41) is 3.53. The van der Waals surface area contributed by atoms with Gasteiger partial charge in [-0.2, -0.15) is 0 Å². The summed E-state index contributed by atoms with van der Waals surface area (Å²) in [5.74, 6) is 1.08. The van der Waals surface area contributed by atoms with Gasteiger partial charge in [-0.25, -0.2) is 0 Å². The quantitative estimate of drug-likeness (QED) is 0.734. The van der Waals surface area contributed by atoms with E-state index in [-0.39, 0.29) is 11.5 Å². The largest absolute Gasteiger partial charge is 0.340 e. The van der Waals surface area contributed by atoms with Gasteiger partial charge in [-0.05, 0) is 38.6 Å². The van der Waals surface area contributed by atoms with E-state index in [9.17, 15) is 4.79 Å². The van der Waals surface area contributed by atoms with E-state index < -0.39 is 0 Å². The van der Waals surface area contributed by atoms with Crippen LogP contribution in [0.3, 0.4) is 0 Å². The van der Waals surface area contributed by atoms with Gasteiger partial charge in [0.1, 0.15) is 0 Å². The number of piperidine rings is 2. The molecule has 0 spiro atoms. The molecule has 2 fully saturated rings. The molecule has 0 radical (unpaired) electrons. The van der Waals surface area contributed by atoms with Crippen molar-refractivity contribution >= 4 is 5.91 Å². The van der Waals surface area contributed by atoms with Gasteiger partial charge >= 0.3 is 0 Å². The van der Waals surface area contributed by atoms with Gasteiger partial charge in [0.15, 0.2) is 0 Å². The SMILES string of the molecule is CC(C)C1(C)CC2NCCCC2C(=O)N1C. The lowest BCUT2D eigenvalue weighted by Gasteiger charge is -2.52. The number of hydrogen-bond donors (Lipinski definition) is 1. The van der Waals surface area contributed by atoms with E-state index in [2.05, 4.69) is 26.1 Å². The summed E-state index contributed by atoms with van der Waals surface area (Å²) in [4.78, 5) is 14.4. The number of likely N-dealkylation sites (tertiary alicyclic amines) is 1. The topological polar surface area (TPSA) is 32.3 Å². The number of hydrogen-bond acceptors (Lipinski definition) is 2. The van der Waals surface area contributed by atoms with Crippen molar-refractivity contribution in [2.45, 2.75) is 51.6 Å². The molecule has 0 bridgehead atoms. The van der Waals surface area contributed by atoms with Gasteiger partial charge in [0.25, 0.3) is 0 Å². The lowest BCUT2D eigenvalue weighted by atomic mass is 9.71. The Bertz CT molecular complexity index is 290. The van der Waals surface area contributed by atoms with Gasteiger partial charge in [-0.3, -0.25) is 4.79 Å². The van der Waals surface area contributed by atoms with Crippen LogP contribution in [0.5, 0.6) is 0 Å². The predicted octanol–water partition coefficient (Wildman–Crippen LogP) is 1.63. The van der Waals surface area contributed by atoms with Crippen molar-refractivity contribution in [3.63, 3.8) is 0 Å². The Morgan fingerprint density at radius 1 is 1.50 bits per heavy atom. The molecule has 0 aromatic carbocycles. The number of carbonyl (C=O) groups is 1. The summed E-state index contributed by atoms with van der Waals surface area (Å²) in [6.45, 7) is 7.73. The summed E-state index contributed by atoms with van der Waals surface area (Å²) in [5.41, 5.74) is 0.0165. The molecule has 0 aromatic heterocycles. The highest BCUT2D eigenvalue weighted by Crippen LogP contribution is 2.38. The lowest BCUT2D eigenvalue weighted by Crippen LogP contribution is -2.64. The zero-order valence-corrected chi connectivity index (χ0v) is 10.9. The highest BCUT2D eigenvalue weighted by atomic mass is 16.2. The maximum absolute atomic E-state index is 12.4. The van der Waals surface area contributed by atoms with Crippen LogP contribution in [0.15, 0.2) is 0 Å². The third-order valence-electron chi connectivity index (χ3n) is 4.88. The average molecular weight is 224 g/mol. The molecule has 2 heterocycles. The molecule has 3 atom stereocenters. The van der Waals surface area contributed by atoms with E-state index in [0.717, 1.165) is 25.8 Å². The minimum atomic E-state index is 0.0165. The van der Waals surface area contributed by atoms with Crippen LogP contribution in [0.2, 0.25) is 0 Å². The van der Waals surface area contributed by atoms with Crippen molar-refractivity contribution in [1.82, 2.24) is 10.2 Å². The summed E-state index contributed by atoms with van der Waals surface area (Å²) >= 11 is 0. The first-order valence-electron chi connectivity index (χ1n) is 6.48. The maximum atomic E-state index is 12.4. The Labute approximate surface area is 98.6 Å². The zero-order chi connectivity index (χ0) is 11.9. The Morgan fingerprint density at radius 3 is 2.81 bits per heavy atom. The number of amides is 1. The number of rotatable bonds is 1. The molecule has 1 N–H and O–H groups in total. The molecule has 2 aliphatic heterocycles. The van der Waals surface area contributed by atoms with E-state index in [1.54, 1.807) is 0 Å². The minimum absolute atomic E-state index is 0.0165. The Kier molecular flexibility index (Phi) is 2.99. The molecule has 0 saturated carbocycles. The molecule has 0 aliphatic carbocycles. The minimum Gasteiger partial charge on any atom is -0.340 e. The molecular formula is C13H24N2O. The first-order chi connectivity index (χ1) is 7.47. The molecule has 2 rings (SSSR count). The summed E-state index contributed by atoms with van der Waals surface area (Å²) in [6, 6.07) is 0.407. The third kappa shape index (κ3) is 1.65. The summed E-state index contributed by atoms with van der Waals surface area (Å²) < 4.78 is 0. The second-order valence-electron chi connectivity index (χ2n) is 5.92. The van der Waals surface area contributed by atoms with Crippen molar-refractivity contribution < 1.29 is 4.79 Å². The van der Waals surface area contributed by atoms with Crippen LogP contribution < -0.4 is 5.32 Å². The van der Waals surface area contributed by atoms with Crippen molar-refractivity contribution in [3.8, 4) is 0 Å². The summed E-state index contributed by atoms with van der Waals surface area (Å²) in [7, 11) is 1.98. The van der Waals surface area contributed by atoms with Gasteiger partial charge < -0.3 is 10.2 Å². The van der Waals surface area contributed by atoms with E-state index in [4.69, 9.17) is 0 Å². The lowest BCUT2D eigenvalue weighted by molar-refractivity contribution is -0.150. The number of fused-ring (bicyclic) bond motifs is 1. The fraction of sp³-hybridized carbons (Fsp3) is 0.923. The van der Waals surface area contributed by atoms with Crippen LogP contribution >= 0.6 is 0 Å². The normalized spacial score (nSPS) is 40.1. The molecule has 16 heavy (non-hydrogen) atoms. The highest BCUT2D eigenvalue weighted by Gasteiger charge is 2.48. The average Bonchev–Trinajstić information content (AvgIpc) is 2.26. The molecule has 92 valence electrons. The number of nitrogens with zero attached hydrogens (tertiary/aromatic N) is 1. The van der Waals surface area contributed by atoms with Crippen LogP contribution in [0.4, 0.5) is 0 Å². The Morgan fingerprint density at radius 2 is 2.19 bits per heavy atom. The van der Waals surface area contributed by atoms with Crippen LogP contribution in [0.1, 0.15) is 40.0 Å². The molecule has 2 aliphatic rings. The van der Waals surface area contributed by atoms with E-state index in [0.29, 0.717) is 17.9 Å². The first-order valence-corrected chi connectivity index (χ1v) is 6.48. The van der Waals surface area contributed by atoms with Gasteiger partial charge in [-0.1, -0.05) is 13.8 Å². The molecule has 3 heteroatoms. The molecule has 3 unspecified atom stereocenters. The summed E-state index contributed by atoms with van der Waals surface area (Å²) in [6.07, 6.45) is 3.30. The third-order valence-corrected chi connectivity index (χ3v) is 4.88. The number of nitrogens with one attached hydrogen (secondary N) is 1. The molecular weight excluding hydrogens is 200 g/mol. The zero-order valence-electron chi connectivity index (χ0n) is 10.9. The fourth-order valence-corrected chi connectivity index (χ4v) is 3.17. The first kappa shape index (κ1) is 11.9. The van der Waals surface area contributed by atoms with E-state index >= 15 is 0 Å². The van der Waals surface area contributed by atoms with Gasteiger partial charge in [0.05, 0.1) is 5.92 Å². The highest BCUT2D eigenvalue weighted by molar-refractivity contribution is 5.81. The van der Waals surface area contributed by atoms with E-state index in [1.807, 2.05) is 11.9 Å². The fourth-order valence-electron chi connectivity index (χ4n) is 3.17. The predicted molar refractivity (Wildman–Crippen MR) is 65.1 cm³/mol. The Balaban J connectivity index is 2.24. The molecule has 3 nitrogen and oxygen atoms in total. The van der Waals surface area contributed by atoms with E-state index in [1.165, 1.54) is 0 Å². The second-order valence-corrected chi connectivity index (χ2v) is 5.92. The van der Waals surface area contributed by atoms with Crippen LogP contribution in [-0.4, -0.2) is 36.0 Å². The smallest absolute Gasteiger partial charge is 0.227 e. The molecule has 2 saturated heterocycles. The second kappa shape index (κ2) is 4.02. The van der Waals surface area contributed by atoms with Gasteiger partial charge in [0.2, 0.25) is 5.91 Å². The standard InChI is InChI=1S/C13H24N2O/c1-9(2)13(3)8-11-10(6-5-7-14-11)12(16)15(13)4/h9-11,14H,5-8H2,1-4H3. The van der Waals surface area contributed by atoms with Crippen molar-refractivity contribution in [2.24, 2.45) is 11.8 Å². The van der Waals surface area contributed by atoms with Crippen LogP contribution in [0, 0.1) is 11.8 Å². The number of carbonyl (C=O) groups excluding carboxylic acids is 1. The van der Waals surface area contributed by atoms with Crippen molar-refractivity contribution in [1.29, 1.82) is 0 Å².